The van der Waals surface area contributed by atoms with Gasteiger partial charge in [-0.25, -0.2) is 0 Å². The van der Waals surface area contributed by atoms with Gasteiger partial charge >= 0.3 is 0 Å². The molecule has 0 aromatic heterocycles. The maximum atomic E-state index is 6.21. The Morgan fingerprint density at radius 2 is 2.00 bits per heavy atom. The van der Waals surface area contributed by atoms with Crippen LogP contribution in [0.25, 0.3) is 0 Å². The molecule has 0 aliphatic heterocycles. The maximum Gasteiger partial charge on any atom is 0.0453 e. The lowest BCUT2D eigenvalue weighted by molar-refractivity contribution is 0.337. The molecule has 1 nitrogen and oxygen atoms in total. The van der Waals surface area contributed by atoms with Crippen molar-refractivity contribution in [1.82, 2.24) is 5.32 Å². The Morgan fingerprint density at radius 1 is 1.29 bits per heavy atom. The molecule has 0 spiro atoms. The lowest BCUT2D eigenvalue weighted by atomic mass is 9.85. The predicted octanol–water partition coefficient (Wildman–Crippen LogP) is 4.31. The van der Waals surface area contributed by atoms with Crippen molar-refractivity contribution in [2.24, 2.45) is 5.41 Å². The molecule has 0 heterocycles. The fraction of sp³-hybridized carbons (Fsp3) is 0.571. The van der Waals surface area contributed by atoms with E-state index in [9.17, 15) is 0 Å². The van der Waals surface area contributed by atoms with Crippen molar-refractivity contribution >= 4 is 23.2 Å². The van der Waals surface area contributed by atoms with E-state index >= 15 is 0 Å². The SMILES string of the molecule is CC(C)(CNC1CC1)Cc1ccc(Cl)cc1Cl. The van der Waals surface area contributed by atoms with Gasteiger partial charge in [0.25, 0.3) is 0 Å². The Labute approximate surface area is 114 Å². The Hall–Kier alpha value is -0.240. The van der Waals surface area contributed by atoms with Crippen LogP contribution >= 0.6 is 23.2 Å². The van der Waals surface area contributed by atoms with Crippen LogP contribution in [0.3, 0.4) is 0 Å². The molecular weight excluding hydrogens is 253 g/mol. The molecule has 0 radical (unpaired) electrons. The number of halogens is 2. The lowest BCUT2D eigenvalue weighted by Crippen LogP contribution is -2.32. The highest BCUT2D eigenvalue weighted by atomic mass is 35.5. The van der Waals surface area contributed by atoms with Crippen LogP contribution in [0.15, 0.2) is 18.2 Å². The van der Waals surface area contributed by atoms with Crippen molar-refractivity contribution in [3.63, 3.8) is 0 Å². The van der Waals surface area contributed by atoms with Gasteiger partial charge in [-0.1, -0.05) is 43.1 Å². The second kappa shape index (κ2) is 5.17. The third kappa shape index (κ3) is 4.17. The monoisotopic (exact) mass is 271 g/mol. The summed E-state index contributed by atoms with van der Waals surface area (Å²) < 4.78 is 0. The molecule has 0 amide bonds. The highest BCUT2D eigenvalue weighted by molar-refractivity contribution is 6.35. The van der Waals surface area contributed by atoms with E-state index in [2.05, 4.69) is 19.2 Å². The number of rotatable bonds is 5. The van der Waals surface area contributed by atoms with Crippen LogP contribution in [0.1, 0.15) is 32.3 Å². The summed E-state index contributed by atoms with van der Waals surface area (Å²) in [4.78, 5) is 0. The van der Waals surface area contributed by atoms with Crippen molar-refractivity contribution in [3.8, 4) is 0 Å². The molecule has 1 aromatic carbocycles. The van der Waals surface area contributed by atoms with Gasteiger partial charge in [0, 0.05) is 22.6 Å². The van der Waals surface area contributed by atoms with Gasteiger partial charge in [-0.15, -0.1) is 0 Å². The van der Waals surface area contributed by atoms with Crippen molar-refractivity contribution in [2.75, 3.05) is 6.54 Å². The summed E-state index contributed by atoms with van der Waals surface area (Å²) in [5.41, 5.74) is 1.40. The predicted molar refractivity (Wildman–Crippen MR) is 75.0 cm³/mol. The van der Waals surface area contributed by atoms with Gasteiger partial charge in [0.15, 0.2) is 0 Å². The van der Waals surface area contributed by atoms with Crippen LogP contribution in [-0.4, -0.2) is 12.6 Å². The molecule has 1 saturated carbocycles. The molecule has 94 valence electrons. The van der Waals surface area contributed by atoms with Gasteiger partial charge in [-0.3, -0.25) is 0 Å². The van der Waals surface area contributed by atoms with Crippen LogP contribution in [0.5, 0.6) is 0 Å². The van der Waals surface area contributed by atoms with Gasteiger partial charge < -0.3 is 5.32 Å². The molecule has 1 fully saturated rings. The average Bonchev–Trinajstić information content (AvgIpc) is 3.03. The summed E-state index contributed by atoms with van der Waals surface area (Å²) in [5.74, 6) is 0. The van der Waals surface area contributed by atoms with E-state index in [-0.39, 0.29) is 5.41 Å². The molecule has 0 atom stereocenters. The Balaban J connectivity index is 1.97. The second-order valence-corrected chi connectivity index (χ2v) is 6.58. The van der Waals surface area contributed by atoms with E-state index in [1.165, 1.54) is 18.4 Å². The molecule has 0 bridgehead atoms. The van der Waals surface area contributed by atoms with Gasteiger partial charge in [0.05, 0.1) is 0 Å². The number of hydrogen-bond donors (Lipinski definition) is 1. The minimum Gasteiger partial charge on any atom is -0.313 e. The van der Waals surface area contributed by atoms with Crippen molar-refractivity contribution in [2.45, 2.75) is 39.2 Å². The second-order valence-electron chi connectivity index (χ2n) is 5.73. The van der Waals surface area contributed by atoms with Gasteiger partial charge in [-0.05, 0) is 42.4 Å². The first-order valence-corrected chi connectivity index (χ1v) is 6.89. The number of benzene rings is 1. The zero-order valence-electron chi connectivity index (χ0n) is 10.4. The van der Waals surface area contributed by atoms with Gasteiger partial charge in [0.2, 0.25) is 0 Å². The molecule has 1 aliphatic rings. The van der Waals surface area contributed by atoms with Crippen molar-refractivity contribution in [1.29, 1.82) is 0 Å². The average molecular weight is 272 g/mol. The Kier molecular flexibility index (Phi) is 4.02. The standard InChI is InChI=1S/C14H19Cl2N/c1-14(2,9-17-12-5-6-12)8-10-3-4-11(15)7-13(10)16/h3-4,7,12,17H,5-6,8-9H2,1-2H3. The topological polar surface area (TPSA) is 12.0 Å². The Morgan fingerprint density at radius 3 is 2.59 bits per heavy atom. The summed E-state index contributed by atoms with van der Waals surface area (Å²) in [5, 5.41) is 5.06. The van der Waals surface area contributed by atoms with E-state index < -0.39 is 0 Å². The molecule has 2 rings (SSSR count). The quantitative estimate of drug-likeness (QED) is 0.842. The minimum absolute atomic E-state index is 0.222. The molecule has 17 heavy (non-hydrogen) atoms. The van der Waals surface area contributed by atoms with Crippen LogP contribution < -0.4 is 5.32 Å². The highest BCUT2D eigenvalue weighted by Gasteiger charge is 2.25. The molecular formula is C14H19Cl2N. The first kappa shape index (κ1) is 13.2. The molecule has 1 aromatic rings. The zero-order chi connectivity index (χ0) is 12.5. The molecule has 3 heteroatoms. The highest BCUT2D eigenvalue weighted by Crippen LogP contribution is 2.29. The minimum atomic E-state index is 0.222. The molecule has 0 unspecified atom stereocenters. The fourth-order valence-electron chi connectivity index (χ4n) is 1.95. The third-order valence-corrected chi connectivity index (χ3v) is 3.72. The lowest BCUT2D eigenvalue weighted by Gasteiger charge is -2.25. The molecule has 1 aliphatic carbocycles. The van der Waals surface area contributed by atoms with Crippen molar-refractivity contribution in [3.05, 3.63) is 33.8 Å². The van der Waals surface area contributed by atoms with E-state index in [1.807, 2.05) is 18.2 Å². The first-order chi connectivity index (χ1) is 7.96. The van der Waals surface area contributed by atoms with Crippen LogP contribution in [0, 0.1) is 5.41 Å². The zero-order valence-corrected chi connectivity index (χ0v) is 11.9. The van der Waals surface area contributed by atoms with Gasteiger partial charge in [0.1, 0.15) is 0 Å². The first-order valence-electron chi connectivity index (χ1n) is 6.14. The van der Waals surface area contributed by atoms with Crippen LogP contribution in [0.4, 0.5) is 0 Å². The fourth-order valence-corrected chi connectivity index (χ4v) is 2.43. The Bertz CT molecular complexity index is 397. The third-order valence-electron chi connectivity index (χ3n) is 3.13. The van der Waals surface area contributed by atoms with Gasteiger partial charge in [-0.2, -0.15) is 0 Å². The summed E-state index contributed by atoms with van der Waals surface area (Å²) in [6, 6.07) is 6.52. The van der Waals surface area contributed by atoms with E-state index in [4.69, 9.17) is 23.2 Å². The summed E-state index contributed by atoms with van der Waals surface area (Å²) >= 11 is 12.1. The molecule has 1 N–H and O–H groups in total. The summed E-state index contributed by atoms with van der Waals surface area (Å²) in [7, 11) is 0. The number of nitrogens with one attached hydrogen (secondary N) is 1. The normalized spacial score (nSPS) is 16.2. The van der Waals surface area contributed by atoms with E-state index in [0.717, 1.165) is 24.0 Å². The van der Waals surface area contributed by atoms with Crippen LogP contribution in [-0.2, 0) is 6.42 Å². The number of hydrogen-bond acceptors (Lipinski definition) is 1. The largest absolute Gasteiger partial charge is 0.313 e. The summed E-state index contributed by atoms with van der Waals surface area (Å²) in [6.45, 7) is 5.58. The summed E-state index contributed by atoms with van der Waals surface area (Å²) in [6.07, 6.45) is 3.64. The smallest absolute Gasteiger partial charge is 0.0453 e. The van der Waals surface area contributed by atoms with E-state index in [1.54, 1.807) is 0 Å². The van der Waals surface area contributed by atoms with E-state index in [0.29, 0.717) is 5.02 Å². The maximum absolute atomic E-state index is 6.21. The van der Waals surface area contributed by atoms with Crippen LogP contribution in [0.2, 0.25) is 10.0 Å². The molecule has 0 saturated heterocycles. The van der Waals surface area contributed by atoms with Crippen molar-refractivity contribution < 1.29 is 0 Å².